The Hall–Kier alpha value is -2.89. The molecule has 1 aliphatic rings. The third-order valence-corrected chi connectivity index (χ3v) is 4.04. The van der Waals surface area contributed by atoms with Crippen LogP contribution in [0.5, 0.6) is 17.2 Å². The minimum Gasteiger partial charge on any atom is -0.497 e. The number of ether oxygens (including phenoxy) is 5. The summed E-state index contributed by atoms with van der Waals surface area (Å²) in [5.74, 6) is 1.45. The molecule has 0 saturated carbocycles. The molecular weight excluding hydrogens is 336 g/mol. The Balaban J connectivity index is 1.93. The molecule has 138 valence electrons. The zero-order valence-electron chi connectivity index (χ0n) is 15.3. The lowest BCUT2D eigenvalue weighted by Crippen LogP contribution is -2.29. The molecule has 0 radical (unpaired) electrons. The first-order chi connectivity index (χ1) is 12.4. The van der Waals surface area contributed by atoms with Crippen LogP contribution in [0.25, 0.3) is 11.1 Å². The Morgan fingerprint density at radius 1 is 1.04 bits per heavy atom. The molecule has 0 amide bonds. The maximum atomic E-state index is 11.2. The van der Waals surface area contributed by atoms with Crippen molar-refractivity contribution in [2.45, 2.75) is 26.1 Å². The molecule has 0 saturated heterocycles. The van der Waals surface area contributed by atoms with Crippen molar-refractivity contribution in [2.75, 3.05) is 20.8 Å². The number of hydrogen-bond donors (Lipinski definition) is 0. The number of hydrogen-bond acceptors (Lipinski definition) is 6. The molecule has 1 heterocycles. The number of carbonyl (C=O) groups excluding carboxylic acids is 1. The minimum atomic E-state index is -0.708. The van der Waals surface area contributed by atoms with E-state index in [0.29, 0.717) is 17.9 Å². The highest BCUT2D eigenvalue weighted by Gasteiger charge is 2.32. The highest BCUT2D eigenvalue weighted by molar-refractivity contribution is 5.72. The molecule has 26 heavy (non-hydrogen) atoms. The zero-order chi connectivity index (χ0) is 18.7. The van der Waals surface area contributed by atoms with Gasteiger partial charge in [0.2, 0.25) is 5.79 Å². The molecule has 0 N–H and O–H groups in total. The summed E-state index contributed by atoms with van der Waals surface area (Å²) in [7, 11) is 2.92. The fourth-order valence-electron chi connectivity index (χ4n) is 2.86. The fraction of sp³-hybridized carbons (Fsp3) is 0.350. The van der Waals surface area contributed by atoms with Crippen LogP contribution in [0.4, 0.5) is 4.79 Å². The molecule has 0 atom stereocenters. The van der Waals surface area contributed by atoms with Crippen LogP contribution in [0, 0.1) is 0 Å². The molecule has 2 aromatic rings. The van der Waals surface area contributed by atoms with Gasteiger partial charge in [-0.2, -0.15) is 0 Å². The van der Waals surface area contributed by atoms with Crippen molar-refractivity contribution in [1.29, 1.82) is 0 Å². The molecule has 0 aliphatic carbocycles. The third-order valence-electron chi connectivity index (χ3n) is 4.04. The van der Waals surface area contributed by atoms with Gasteiger partial charge in [0.25, 0.3) is 0 Å². The molecule has 2 aromatic carbocycles. The summed E-state index contributed by atoms with van der Waals surface area (Å²) in [6.07, 6.45) is -0.175. The Kier molecular flexibility index (Phi) is 4.93. The van der Waals surface area contributed by atoms with E-state index >= 15 is 0 Å². The van der Waals surface area contributed by atoms with Crippen molar-refractivity contribution in [3.8, 4) is 28.4 Å². The first-order valence-electron chi connectivity index (χ1n) is 8.32. The average molecular weight is 358 g/mol. The van der Waals surface area contributed by atoms with Gasteiger partial charge in [0.05, 0.1) is 20.8 Å². The summed E-state index contributed by atoms with van der Waals surface area (Å²) >= 11 is 0. The lowest BCUT2D eigenvalue weighted by molar-refractivity contribution is -0.0431. The van der Waals surface area contributed by atoms with Gasteiger partial charge in [-0.3, -0.25) is 0 Å². The van der Waals surface area contributed by atoms with Crippen LogP contribution in [-0.4, -0.2) is 32.8 Å². The number of carbonyl (C=O) groups is 1. The Bertz CT molecular complexity index is 795. The smallest absolute Gasteiger partial charge is 0.497 e. The van der Waals surface area contributed by atoms with Crippen LogP contribution in [0.15, 0.2) is 36.4 Å². The van der Waals surface area contributed by atoms with Gasteiger partial charge in [-0.05, 0) is 41.0 Å². The molecule has 0 unspecified atom stereocenters. The van der Waals surface area contributed by atoms with Gasteiger partial charge < -0.3 is 23.7 Å². The van der Waals surface area contributed by atoms with E-state index < -0.39 is 11.9 Å². The molecular formula is C20H22O6. The first-order valence-corrected chi connectivity index (χ1v) is 8.32. The Labute approximate surface area is 152 Å². The second kappa shape index (κ2) is 7.15. The monoisotopic (exact) mass is 358 g/mol. The van der Waals surface area contributed by atoms with Crippen LogP contribution in [0.1, 0.15) is 19.4 Å². The highest BCUT2D eigenvalue weighted by Crippen LogP contribution is 2.43. The standard InChI is InChI=1S/C20H22O6/c1-20(2)25-17-11-14(9-10-24-19(21)23-4)16(12-18(17)26-20)13-5-7-15(22-3)8-6-13/h5-8,11-12H,9-10H2,1-4H3. The Morgan fingerprint density at radius 3 is 2.31 bits per heavy atom. The normalized spacial score (nSPS) is 14.0. The van der Waals surface area contributed by atoms with Gasteiger partial charge in [0.15, 0.2) is 11.5 Å². The number of benzene rings is 2. The number of methoxy groups -OCH3 is 2. The van der Waals surface area contributed by atoms with E-state index in [2.05, 4.69) is 4.74 Å². The van der Waals surface area contributed by atoms with Gasteiger partial charge in [-0.25, -0.2) is 4.79 Å². The van der Waals surface area contributed by atoms with Crippen LogP contribution >= 0.6 is 0 Å². The van der Waals surface area contributed by atoms with Crippen molar-refractivity contribution >= 4 is 6.16 Å². The summed E-state index contributed by atoms with van der Waals surface area (Å²) in [6.45, 7) is 3.93. The third kappa shape index (κ3) is 3.85. The van der Waals surface area contributed by atoms with E-state index in [4.69, 9.17) is 18.9 Å². The van der Waals surface area contributed by atoms with E-state index in [1.165, 1.54) is 7.11 Å². The average Bonchev–Trinajstić information content (AvgIpc) is 2.93. The SMILES string of the molecule is COC(=O)OCCc1cc2c(cc1-c1ccc(OC)cc1)OC(C)(C)O2. The lowest BCUT2D eigenvalue weighted by atomic mass is 9.97. The predicted molar refractivity (Wildman–Crippen MR) is 95.8 cm³/mol. The lowest BCUT2D eigenvalue weighted by Gasteiger charge is -2.16. The van der Waals surface area contributed by atoms with E-state index in [1.54, 1.807) is 7.11 Å². The second-order valence-corrected chi connectivity index (χ2v) is 6.34. The maximum Gasteiger partial charge on any atom is 0.507 e. The van der Waals surface area contributed by atoms with Crippen molar-refractivity contribution in [3.05, 3.63) is 42.0 Å². The molecule has 0 aromatic heterocycles. The quantitative estimate of drug-likeness (QED) is 0.747. The maximum absolute atomic E-state index is 11.2. The molecule has 6 nitrogen and oxygen atoms in total. The fourth-order valence-corrected chi connectivity index (χ4v) is 2.86. The van der Waals surface area contributed by atoms with Crippen molar-refractivity contribution in [1.82, 2.24) is 0 Å². The largest absolute Gasteiger partial charge is 0.507 e. The van der Waals surface area contributed by atoms with Crippen LogP contribution in [0.3, 0.4) is 0 Å². The van der Waals surface area contributed by atoms with Gasteiger partial charge in [-0.15, -0.1) is 0 Å². The summed E-state index contributed by atoms with van der Waals surface area (Å²) in [4.78, 5) is 11.2. The molecule has 1 aliphatic heterocycles. The molecule has 6 heteroatoms. The van der Waals surface area contributed by atoms with Crippen molar-refractivity contribution in [3.63, 3.8) is 0 Å². The molecule has 0 fully saturated rings. The minimum absolute atomic E-state index is 0.207. The van der Waals surface area contributed by atoms with Crippen LogP contribution < -0.4 is 14.2 Å². The van der Waals surface area contributed by atoms with Crippen LogP contribution in [-0.2, 0) is 15.9 Å². The predicted octanol–water partition coefficient (Wildman–Crippen LogP) is 4.20. The van der Waals surface area contributed by atoms with Gasteiger partial charge in [0, 0.05) is 20.3 Å². The summed E-state index contributed by atoms with van der Waals surface area (Å²) in [6, 6.07) is 11.7. The molecule has 0 spiro atoms. The van der Waals surface area contributed by atoms with Gasteiger partial charge >= 0.3 is 6.16 Å². The van der Waals surface area contributed by atoms with Crippen LogP contribution in [0.2, 0.25) is 0 Å². The van der Waals surface area contributed by atoms with E-state index in [-0.39, 0.29) is 6.61 Å². The summed E-state index contributed by atoms with van der Waals surface area (Å²) in [5, 5.41) is 0. The van der Waals surface area contributed by atoms with Crippen molar-refractivity contribution < 1.29 is 28.5 Å². The van der Waals surface area contributed by atoms with E-state index in [1.807, 2.05) is 50.2 Å². The second-order valence-electron chi connectivity index (χ2n) is 6.34. The van der Waals surface area contributed by atoms with Gasteiger partial charge in [0.1, 0.15) is 5.75 Å². The number of fused-ring (bicyclic) bond motifs is 1. The first kappa shape index (κ1) is 17.9. The number of rotatable bonds is 5. The van der Waals surface area contributed by atoms with E-state index in [9.17, 15) is 4.79 Å². The topological polar surface area (TPSA) is 63.2 Å². The van der Waals surface area contributed by atoms with Crippen molar-refractivity contribution in [2.24, 2.45) is 0 Å². The van der Waals surface area contributed by atoms with E-state index in [0.717, 1.165) is 22.4 Å². The van der Waals surface area contributed by atoms with Gasteiger partial charge in [-0.1, -0.05) is 12.1 Å². The molecule has 0 bridgehead atoms. The Morgan fingerprint density at radius 2 is 1.69 bits per heavy atom. The summed E-state index contributed by atoms with van der Waals surface area (Å²) < 4.78 is 26.5. The molecule has 3 rings (SSSR count). The zero-order valence-corrected chi connectivity index (χ0v) is 15.3. The highest BCUT2D eigenvalue weighted by atomic mass is 16.7. The summed E-state index contributed by atoms with van der Waals surface area (Å²) in [5.41, 5.74) is 2.98.